The Bertz CT molecular complexity index is 3380. The molecule has 0 unspecified atom stereocenters. The summed E-state index contributed by atoms with van der Waals surface area (Å²) < 4.78 is 0. The van der Waals surface area contributed by atoms with Gasteiger partial charge in [0.2, 0.25) is 0 Å². The van der Waals surface area contributed by atoms with Gasteiger partial charge in [-0.05, 0) is 132 Å². The lowest BCUT2D eigenvalue weighted by Crippen LogP contribution is -2.28. The highest BCUT2D eigenvalue weighted by molar-refractivity contribution is 5.96. The third-order valence-electron chi connectivity index (χ3n) is 14.5. The van der Waals surface area contributed by atoms with E-state index < -0.39 is 5.41 Å². The van der Waals surface area contributed by atoms with Crippen molar-refractivity contribution in [3.63, 3.8) is 0 Å². The van der Waals surface area contributed by atoms with E-state index in [-0.39, 0.29) is 5.41 Å². The fourth-order valence-electron chi connectivity index (χ4n) is 11.4. The van der Waals surface area contributed by atoms with Crippen LogP contribution < -0.4 is 4.90 Å². The van der Waals surface area contributed by atoms with E-state index in [4.69, 9.17) is 0 Å². The van der Waals surface area contributed by atoms with Crippen molar-refractivity contribution >= 4 is 17.1 Å². The highest BCUT2D eigenvalue weighted by Gasteiger charge is 2.46. The second kappa shape index (κ2) is 15.6. The summed E-state index contributed by atoms with van der Waals surface area (Å²) in [4.78, 5) is 2.56. The van der Waals surface area contributed by atoms with Gasteiger partial charge >= 0.3 is 0 Å². The molecule has 2 aliphatic carbocycles. The number of nitrogens with zero attached hydrogens (tertiary/aromatic N) is 1. The molecule has 1 nitrogen and oxygen atoms in total. The minimum atomic E-state index is -0.537. The quantitative estimate of drug-likeness (QED) is 0.147. The van der Waals surface area contributed by atoms with Crippen molar-refractivity contribution in [2.75, 3.05) is 4.90 Å². The first-order valence-electron chi connectivity index (χ1n) is 23.2. The smallest absolute Gasteiger partial charge is 0.0714 e. The van der Waals surface area contributed by atoms with E-state index in [9.17, 15) is 0 Å². The van der Waals surface area contributed by atoms with E-state index in [2.05, 4.69) is 268 Å². The molecule has 0 radical (unpaired) electrons. The molecule has 10 aromatic rings. The average Bonchev–Trinajstić information content (AvgIpc) is 3.80. The van der Waals surface area contributed by atoms with E-state index in [0.29, 0.717) is 0 Å². The SMILES string of the molecule is Cc1cc(-c2ccc(-c3ccccc3)cc2)cc(-c2ccccc2)c1N(c1ccc2c(c1)C(C)(C)c1ccccc1-2)c1ccc2c(c1)C(c1ccccc1)(c1ccccc1)c1ccccc1-2. The number of hydrogen-bond acceptors (Lipinski definition) is 1. The monoisotopic (exact) mass is 843 g/mol. The molecule has 314 valence electrons. The Kier molecular flexibility index (Phi) is 9.36. The third kappa shape index (κ3) is 6.15. The van der Waals surface area contributed by atoms with Crippen molar-refractivity contribution in [3.05, 3.63) is 282 Å². The fraction of sp³-hybridized carbons (Fsp3) is 0.0769. The van der Waals surface area contributed by atoms with Crippen LogP contribution in [0, 0.1) is 6.92 Å². The maximum atomic E-state index is 2.56. The molecule has 0 aromatic heterocycles. The van der Waals surface area contributed by atoms with Gasteiger partial charge < -0.3 is 4.90 Å². The van der Waals surface area contributed by atoms with Gasteiger partial charge in [-0.15, -0.1) is 0 Å². The van der Waals surface area contributed by atoms with Crippen LogP contribution in [0.25, 0.3) is 55.6 Å². The molecule has 0 saturated heterocycles. The average molecular weight is 844 g/mol. The Morgan fingerprint density at radius 1 is 0.303 bits per heavy atom. The Morgan fingerprint density at radius 3 is 1.32 bits per heavy atom. The summed E-state index contributed by atoms with van der Waals surface area (Å²) in [5, 5.41) is 0. The maximum absolute atomic E-state index is 2.56. The van der Waals surface area contributed by atoms with E-state index in [1.807, 2.05) is 0 Å². The molecule has 0 N–H and O–H groups in total. The molecule has 1 heteroatoms. The lowest BCUT2D eigenvalue weighted by Gasteiger charge is -2.35. The first-order valence-corrected chi connectivity index (χ1v) is 23.2. The summed E-state index contributed by atoms with van der Waals surface area (Å²) >= 11 is 0. The van der Waals surface area contributed by atoms with E-state index >= 15 is 0 Å². The molecule has 0 atom stereocenters. The molecule has 66 heavy (non-hydrogen) atoms. The molecular weight excluding hydrogens is 795 g/mol. The minimum absolute atomic E-state index is 0.171. The number of hydrogen-bond donors (Lipinski definition) is 0. The number of fused-ring (bicyclic) bond motifs is 6. The molecule has 0 fully saturated rings. The summed E-state index contributed by atoms with van der Waals surface area (Å²) in [5.41, 5.74) is 24.1. The molecule has 0 heterocycles. The number of anilines is 3. The Hall–Kier alpha value is -8.00. The van der Waals surface area contributed by atoms with E-state index in [1.165, 1.54) is 100 Å². The highest BCUT2D eigenvalue weighted by atomic mass is 15.1. The standard InChI is InChI=1S/C65H49N/c1-44-40-49(47-34-32-46(33-35-47)45-20-8-4-9-21-45)41-58(48-22-10-5-11-23-48)63(44)66(52-36-38-56-54-28-16-18-30-59(54)64(2,3)61(56)42-52)53-37-39-57-55-29-17-19-31-60(55)65(62(57)43-53,50-24-12-6-13-25-50)51-26-14-7-15-27-51/h4-43H,1-3H3. The molecule has 2 aliphatic rings. The zero-order valence-corrected chi connectivity index (χ0v) is 37.5. The van der Waals surface area contributed by atoms with Crippen LogP contribution in [0.5, 0.6) is 0 Å². The van der Waals surface area contributed by atoms with Crippen LogP contribution in [0.3, 0.4) is 0 Å². The second-order valence-electron chi connectivity index (χ2n) is 18.5. The molecule has 10 aromatic carbocycles. The summed E-state index contributed by atoms with van der Waals surface area (Å²) in [6, 6.07) is 90.1. The van der Waals surface area contributed by atoms with Crippen molar-refractivity contribution in [2.45, 2.75) is 31.6 Å². The summed E-state index contributed by atoms with van der Waals surface area (Å²) in [5.74, 6) is 0. The van der Waals surface area contributed by atoms with Crippen molar-refractivity contribution in [1.29, 1.82) is 0 Å². The molecule has 0 bridgehead atoms. The Labute approximate surface area is 389 Å². The van der Waals surface area contributed by atoms with Gasteiger partial charge in [-0.25, -0.2) is 0 Å². The lowest BCUT2D eigenvalue weighted by molar-refractivity contribution is 0.660. The Balaban J connectivity index is 1.12. The van der Waals surface area contributed by atoms with Gasteiger partial charge in [-0.2, -0.15) is 0 Å². The van der Waals surface area contributed by atoms with Crippen LogP contribution >= 0.6 is 0 Å². The second-order valence-corrected chi connectivity index (χ2v) is 18.5. The van der Waals surface area contributed by atoms with Crippen LogP contribution in [0.1, 0.15) is 52.8 Å². The van der Waals surface area contributed by atoms with Crippen molar-refractivity contribution in [3.8, 4) is 55.6 Å². The fourth-order valence-corrected chi connectivity index (χ4v) is 11.4. The molecule has 0 spiro atoms. The normalized spacial score (nSPS) is 13.6. The Morgan fingerprint density at radius 2 is 0.727 bits per heavy atom. The predicted octanol–water partition coefficient (Wildman–Crippen LogP) is 17.1. The maximum Gasteiger partial charge on any atom is 0.0714 e. The van der Waals surface area contributed by atoms with Gasteiger partial charge in [0.05, 0.1) is 11.1 Å². The van der Waals surface area contributed by atoms with Gasteiger partial charge in [0.15, 0.2) is 0 Å². The van der Waals surface area contributed by atoms with E-state index in [1.54, 1.807) is 0 Å². The molecular formula is C65H49N. The zero-order valence-electron chi connectivity index (χ0n) is 37.5. The van der Waals surface area contributed by atoms with Gasteiger partial charge in [-0.3, -0.25) is 0 Å². The van der Waals surface area contributed by atoms with Gasteiger partial charge in [0.25, 0.3) is 0 Å². The number of aryl methyl sites for hydroxylation is 1. The number of rotatable bonds is 8. The molecule has 12 rings (SSSR count). The molecule has 0 saturated carbocycles. The van der Waals surface area contributed by atoms with Crippen LogP contribution in [-0.4, -0.2) is 0 Å². The lowest BCUT2D eigenvalue weighted by atomic mass is 9.67. The van der Waals surface area contributed by atoms with Crippen LogP contribution in [0.15, 0.2) is 243 Å². The van der Waals surface area contributed by atoms with Crippen molar-refractivity contribution < 1.29 is 0 Å². The van der Waals surface area contributed by atoms with Crippen LogP contribution in [0.4, 0.5) is 17.1 Å². The summed E-state index contributed by atoms with van der Waals surface area (Å²) in [6.07, 6.45) is 0. The van der Waals surface area contributed by atoms with Gasteiger partial charge in [0, 0.05) is 22.4 Å². The van der Waals surface area contributed by atoms with Crippen molar-refractivity contribution in [1.82, 2.24) is 0 Å². The highest BCUT2D eigenvalue weighted by Crippen LogP contribution is 2.58. The van der Waals surface area contributed by atoms with Crippen LogP contribution in [-0.2, 0) is 10.8 Å². The van der Waals surface area contributed by atoms with Crippen LogP contribution in [0.2, 0.25) is 0 Å². The van der Waals surface area contributed by atoms with Crippen molar-refractivity contribution in [2.24, 2.45) is 0 Å². The minimum Gasteiger partial charge on any atom is -0.310 e. The van der Waals surface area contributed by atoms with Gasteiger partial charge in [0.1, 0.15) is 0 Å². The van der Waals surface area contributed by atoms with Gasteiger partial charge in [-0.1, -0.05) is 220 Å². The topological polar surface area (TPSA) is 3.24 Å². The first kappa shape index (κ1) is 39.6. The predicted molar refractivity (Wildman–Crippen MR) is 277 cm³/mol. The molecule has 0 aliphatic heterocycles. The summed E-state index contributed by atoms with van der Waals surface area (Å²) in [7, 11) is 0. The molecule has 0 amide bonds. The largest absolute Gasteiger partial charge is 0.310 e. The summed E-state index contributed by atoms with van der Waals surface area (Å²) in [6.45, 7) is 7.06. The van der Waals surface area contributed by atoms with E-state index in [0.717, 1.165) is 11.4 Å². The number of benzene rings is 10. The zero-order chi connectivity index (χ0) is 44.4. The third-order valence-corrected chi connectivity index (χ3v) is 14.5. The first-order chi connectivity index (χ1) is 32.4.